The molecule has 0 saturated heterocycles. The van der Waals surface area contributed by atoms with Gasteiger partial charge in [0.1, 0.15) is 5.58 Å². The Hall–Kier alpha value is -7.68. The van der Waals surface area contributed by atoms with Gasteiger partial charge in [-0.05, 0) is 102 Å². The number of benzene rings is 10. The van der Waals surface area contributed by atoms with E-state index in [4.69, 9.17) is 4.42 Å². The second-order valence-corrected chi connectivity index (χ2v) is 15.9. The summed E-state index contributed by atoms with van der Waals surface area (Å²) in [5.74, 6) is 0. The van der Waals surface area contributed by atoms with Gasteiger partial charge in [0.25, 0.3) is 0 Å². The second kappa shape index (κ2) is 12.2. The monoisotopic (exact) mass is 749 g/mol. The number of furan rings is 1. The van der Waals surface area contributed by atoms with Crippen LogP contribution in [-0.2, 0) is 5.41 Å². The first-order chi connectivity index (χ1) is 29.3. The van der Waals surface area contributed by atoms with Gasteiger partial charge in [0.15, 0.2) is 5.58 Å². The van der Waals surface area contributed by atoms with Gasteiger partial charge in [0, 0.05) is 21.8 Å². The lowest BCUT2D eigenvalue weighted by Gasteiger charge is -2.41. The molecule has 1 aromatic heterocycles. The van der Waals surface area contributed by atoms with Crippen LogP contribution in [0.4, 0.5) is 17.1 Å². The molecule has 0 saturated carbocycles. The number of hydrogen-bond donors (Lipinski definition) is 0. The molecule has 2 aliphatic rings. The van der Waals surface area contributed by atoms with Crippen molar-refractivity contribution in [2.24, 2.45) is 0 Å². The zero-order valence-corrected chi connectivity index (χ0v) is 32.1. The molecule has 0 amide bonds. The molecule has 1 spiro atoms. The molecule has 1 heterocycles. The fraction of sp³-hybridized carbons (Fsp3) is 0.0175. The van der Waals surface area contributed by atoms with Crippen molar-refractivity contribution in [2.75, 3.05) is 4.90 Å². The quantitative estimate of drug-likeness (QED) is 0.178. The molecule has 11 aromatic rings. The summed E-state index contributed by atoms with van der Waals surface area (Å²) in [4.78, 5) is 2.44. The summed E-state index contributed by atoms with van der Waals surface area (Å²) in [5.41, 5.74) is 17.1. The van der Waals surface area contributed by atoms with Gasteiger partial charge in [-0.15, -0.1) is 0 Å². The molecule has 0 radical (unpaired) electrons. The standard InChI is InChI=1S/C57H35NO/c1-2-15-37(16-3-1)41-33-31-38-19-12-24-46-43-22-7-10-27-49(43)57(55(41)54(38)46)48-26-9-6-21-42(48)44-34-32-39(35-50(44)57)58(51-28-13-18-36-17-4-5-20-40(36)51)52-29-14-25-47-45-23-8-11-30-53(45)59-56(47)52/h1-35H. The van der Waals surface area contributed by atoms with Crippen LogP contribution in [0.25, 0.3) is 76.9 Å². The maximum atomic E-state index is 6.82. The number of nitrogens with zero attached hydrogens (tertiary/aromatic N) is 1. The average molecular weight is 750 g/mol. The summed E-state index contributed by atoms with van der Waals surface area (Å²) < 4.78 is 6.82. The van der Waals surface area contributed by atoms with Crippen LogP contribution in [0.3, 0.4) is 0 Å². The Kier molecular flexibility index (Phi) is 6.68. The van der Waals surface area contributed by atoms with Crippen LogP contribution in [-0.4, -0.2) is 0 Å². The molecular formula is C57H35NO. The van der Waals surface area contributed by atoms with Crippen molar-refractivity contribution in [3.05, 3.63) is 235 Å². The van der Waals surface area contributed by atoms with Crippen LogP contribution < -0.4 is 4.90 Å². The molecular weight excluding hydrogens is 715 g/mol. The van der Waals surface area contributed by atoms with E-state index >= 15 is 0 Å². The first-order valence-electron chi connectivity index (χ1n) is 20.4. The Morgan fingerprint density at radius 2 is 0.966 bits per heavy atom. The Balaban J connectivity index is 1.18. The van der Waals surface area contributed by atoms with Gasteiger partial charge in [-0.1, -0.05) is 182 Å². The highest BCUT2D eigenvalue weighted by molar-refractivity contribution is 6.13. The molecule has 0 N–H and O–H groups in total. The predicted octanol–water partition coefficient (Wildman–Crippen LogP) is 15.4. The lowest BCUT2D eigenvalue weighted by Crippen LogP contribution is -2.32. The summed E-state index contributed by atoms with van der Waals surface area (Å²) in [6, 6.07) is 78.2. The highest BCUT2D eigenvalue weighted by atomic mass is 16.3. The smallest absolute Gasteiger partial charge is 0.159 e. The average Bonchev–Trinajstić information content (AvgIpc) is 3.83. The fourth-order valence-corrected chi connectivity index (χ4v) is 10.7. The molecule has 274 valence electrons. The molecule has 1 atom stereocenters. The van der Waals surface area contributed by atoms with Gasteiger partial charge in [-0.2, -0.15) is 0 Å². The molecule has 2 nitrogen and oxygen atoms in total. The van der Waals surface area contributed by atoms with E-state index in [1.165, 1.54) is 77.2 Å². The fourth-order valence-electron chi connectivity index (χ4n) is 10.7. The molecule has 0 fully saturated rings. The van der Waals surface area contributed by atoms with Gasteiger partial charge in [0.2, 0.25) is 0 Å². The number of para-hydroxylation sites is 2. The molecule has 10 aromatic carbocycles. The van der Waals surface area contributed by atoms with E-state index in [1.54, 1.807) is 0 Å². The van der Waals surface area contributed by atoms with Crippen LogP contribution in [0.2, 0.25) is 0 Å². The zero-order chi connectivity index (χ0) is 38.7. The van der Waals surface area contributed by atoms with Gasteiger partial charge >= 0.3 is 0 Å². The Morgan fingerprint density at radius 1 is 0.373 bits per heavy atom. The van der Waals surface area contributed by atoms with Gasteiger partial charge in [-0.3, -0.25) is 0 Å². The Bertz CT molecular complexity index is 3520. The van der Waals surface area contributed by atoms with Crippen molar-refractivity contribution in [1.29, 1.82) is 0 Å². The normalized spacial score (nSPS) is 14.8. The number of fused-ring (bicyclic) bond motifs is 13. The van der Waals surface area contributed by atoms with Gasteiger partial charge in [-0.25, -0.2) is 0 Å². The summed E-state index contributed by atoms with van der Waals surface area (Å²) in [7, 11) is 0. The van der Waals surface area contributed by atoms with Crippen molar-refractivity contribution in [3.63, 3.8) is 0 Å². The molecule has 59 heavy (non-hydrogen) atoms. The van der Waals surface area contributed by atoms with Crippen molar-refractivity contribution in [1.82, 2.24) is 0 Å². The van der Waals surface area contributed by atoms with Gasteiger partial charge < -0.3 is 9.32 Å². The van der Waals surface area contributed by atoms with Crippen LogP contribution in [0.15, 0.2) is 217 Å². The van der Waals surface area contributed by atoms with E-state index in [0.717, 1.165) is 39.0 Å². The third-order valence-corrected chi connectivity index (χ3v) is 13.0. The molecule has 2 aliphatic carbocycles. The van der Waals surface area contributed by atoms with E-state index in [-0.39, 0.29) is 0 Å². The van der Waals surface area contributed by atoms with Crippen molar-refractivity contribution in [3.8, 4) is 33.4 Å². The van der Waals surface area contributed by atoms with Crippen molar-refractivity contribution < 1.29 is 4.42 Å². The first kappa shape index (κ1) is 32.4. The third kappa shape index (κ3) is 4.35. The van der Waals surface area contributed by atoms with Crippen molar-refractivity contribution >= 4 is 60.5 Å². The Labute approximate surface area is 341 Å². The molecule has 1 unspecified atom stereocenters. The van der Waals surface area contributed by atoms with Crippen LogP contribution in [0.5, 0.6) is 0 Å². The highest BCUT2D eigenvalue weighted by Gasteiger charge is 2.51. The van der Waals surface area contributed by atoms with E-state index in [2.05, 4.69) is 217 Å². The van der Waals surface area contributed by atoms with Crippen LogP contribution in [0.1, 0.15) is 22.3 Å². The molecule has 0 bridgehead atoms. The largest absolute Gasteiger partial charge is 0.454 e. The Morgan fingerprint density at radius 3 is 1.83 bits per heavy atom. The van der Waals surface area contributed by atoms with Crippen LogP contribution >= 0.6 is 0 Å². The lowest BCUT2D eigenvalue weighted by molar-refractivity contribution is 0.669. The van der Waals surface area contributed by atoms with Gasteiger partial charge in [0.05, 0.1) is 16.8 Å². The van der Waals surface area contributed by atoms with Crippen LogP contribution in [0, 0.1) is 0 Å². The maximum absolute atomic E-state index is 6.82. The number of anilines is 3. The van der Waals surface area contributed by atoms with E-state index in [1.807, 2.05) is 0 Å². The number of rotatable bonds is 4. The minimum Gasteiger partial charge on any atom is -0.454 e. The topological polar surface area (TPSA) is 16.4 Å². The summed E-state index contributed by atoms with van der Waals surface area (Å²) in [5, 5.41) is 7.15. The summed E-state index contributed by atoms with van der Waals surface area (Å²) in [6.45, 7) is 0. The SMILES string of the molecule is c1ccc(-c2ccc3cccc4c3c2C2(c3ccccc3-c3ccc(N(c5cccc6ccccc56)c5cccc6c5oc5ccccc56)cc32)c2ccccc2-4)cc1. The second-order valence-electron chi connectivity index (χ2n) is 15.9. The molecule has 2 heteroatoms. The third-order valence-electron chi connectivity index (χ3n) is 13.0. The minimum absolute atomic E-state index is 0.618. The molecule has 0 aliphatic heterocycles. The molecule has 13 rings (SSSR count). The van der Waals surface area contributed by atoms with E-state index < -0.39 is 5.41 Å². The summed E-state index contributed by atoms with van der Waals surface area (Å²) in [6.07, 6.45) is 0. The lowest BCUT2D eigenvalue weighted by atomic mass is 9.60. The predicted molar refractivity (Wildman–Crippen MR) is 245 cm³/mol. The van der Waals surface area contributed by atoms with E-state index in [0.29, 0.717) is 0 Å². The highest BCUT2D eigenvalue weighted by Crippen LogP contribution is 2.64. The van der Waals surface area contributed by atoms with E-state index in [9.17, 15) is 0 Å². The number of hydrogen-bond acceptors (Lipinski definition) is 2. The maximum Gasteiger partial charge on any atom is 0.159 e. The minimum atomic E-state index is -0.618. The van der Waals surface area contributed by atoms with Crippen molar-refractivity contribution in [2.45, 2.75) is 5.41 Å². The first-order valence-corrected chi connectivity index (χ1v) is 20.4. The summed E-state index contributed by atoms with van der Waals surface area (Å²) >= 11 is 0. The zero-order valence-electron chi connectivity index (χ0n) is 32.1.